The minimum atomic E-state index is -0.601. The number of ether oxygens (including phenoxy) is 2. The Morgan fingerprint density at radius 1 is 1.18 bits per heavy atom. The van der Waals surface area contributed by atoms with E-state index >= 15 is 0 Å². The SMILES string of the molecule is CCOc1cc(/C=C2\SC(=O)N(CC(=O)Nc3cc(Cl)ccc3C)C2=O)ccc1Oc1ccc([N+](=O)[O-])cn1. The van der Waals surface area contributed by atoms with Gasteiger partial charge >= 0.3 is 0 Å². The van der Waals surface area contributed by atoms with Gasteiger partial charge in [-0.15, -0.1) is 0 Å². The number of halogens is 1. The van der Waals surface area contributed by atoms with Crippen LogP contribution in [-0.4, -0.2) is 45.0 Å². The van der Waals surface area contributed by atoms with Crippen LogP contribution in [0.1, 0.15) is 18.1 Å². The number of thioether (sulfide) groups is 1. The lowest BCUT2D eigenvalue weighted by Crippen LogP contribution is -2.36. The van der Waals surface area contributed by atoms with Crippen LogP contribution in [-0.2, 0) is 9.59 Å². The first-order valence-corrected chi connectivity index (χ1v) is 12.7. The zero-order valence-electron chi connectivity index (χ0n) is 20.7. The summed E-state index contributed by atoms with van der Waals surface area (Å²) in [6.07, 6.45) is 2.59. The number of aryl methyl sites for hydroxylation is 1. The number of amides is 3. The molecule has 3 amide bonds. The van der Waals surface area contributed by atoms with Gasteiger partial charge in [0.1, 0.15) is 12.7 Å². The molecule has 1 aliphatic heterocycles. The molecule has 2 aromatic carbocycles. The average molecular weight is 569 g/mol. The van der Waals surface area contributed by atoms with Gasteiger partial charge in [0.25, 0.3) is 16.8 Å². The second-order valence-electron chi connectivity index (χ2n) is 8.13. The van der Waals surface area contributed by atoms with Crippen molar-refractivity contribution in [3.63, 3.8) is 0 Å². The number of imide groups is 1. The van der Waals surface area contributed by atoms with Crippen LogP contribution in [0.15, 0.2) is 59.6 Å². The third-order valence-electron chi connectivity index (χ3n) is 5.36. The van der Waals surface area contributed by atoms with E-state index in [1.54, 1.807) is 50.2 Å². The van der Waals surface area contributed by atoms with Crippen LogP contribution in [0, 0.1) is 17.0 Å². The van der Waals surface area contributed by atoms with Gasteiger partial charge < -0.3 is 14.8 Å². The minimum Gasteiger partial charge on any atom is -0.490 e. The molecule has 1 saturated heterocycles. The van der Waals surface area contributed by atoms with Crippen LogP contribution in [0.4, 0.5) is 16.2 Å². The summed E-state index contributed by atoms with van der Waals surface area (Å²) < 4.78 is 11.4. The predicted molar refractivity (Wildman–Crippen MR) is 146 cm³/mol. The van der Waals surface area contributed by atoms with Crippen molar-refractivity contribution in [2.45, 2.75) is 13.8 Å². The highest BCUT2D eigenvalue weighted by atomic mass is 35.5. The zero-order chi connectivity index (χ0) is 28.1. The molecule has 1 N–H and O–H groups in total. The summed E-state index contributed by atoms with van der Waals surface area (Å²) >= 11 is 6.71. The van der Waals surface area contributed by atoms with E-state index < -0.39 is 28.5 Å². The molecule has 1 aromatic heterocycles. The first-order chi connectivity index (χ1) is 18.6. The molecule has 0 aliphatic carbocycles. The van der Waals surface area contributed by atoms with Crippen LogP contribution in [0.3, 0.4) is 0 Å². The molecule has 0 unspecified atom stereocenters. The minimum absolute atomic E-state index is 0.127. The molecule has 0 radical (unpaired) electrons. The van der Waals surface area contributed by atoms with E-state index in [1.807, 2.05) is 0 Å². The number of carbonyl (C=O) groups excluding carboxylic acids is 3. The number of benzene rings is 2. The van der Waals surface area contributed by atoms with Crippen LogP contribution in [0.5, 0.6) is 17.4 Å². The van der Waals surface area contributed by atoms with Crippen LogP contribution < -0.4 is 14.8 Å². The number of aromatic nitrogens is 1. The topological polar surface area (TPSA) is 141 Å². The molecule has 0 saturated carbocycles. The molecule has 1 aliphatic rings. The van der Waals surface area contributed by atoms with Crippen molar-refractivity contribution in [2.75, 3.05) is 18.5 Å². The van der Waals surface area contributed by atoms with E-state index in [2.05, 4.69) is 10.3 Å². The first kappa shape index (κ1) is 27.6. The van der Waals surface area contributed by atoms with Gasteiger partial charge in [0.2, 0.25) is 11.8 Å². The molecule has 0 spiro atoms. The third-order valence-corrected chi connectivity index (χ3v) is 6.50. The molecule has 0 bridgehead atoms. The van der Waals surface area contributed by atoms with Gasteiger partial charge in [-0.3, -0.25) is 29.4 Å². The number of hydrogen-bond acceptors (Lipinski definition) is 9. The highest BCUT2D eigenvalue weighted by Gasteiger charge is 2.36. The van der Waals surface area contributed by atoms with E-state index in [1.165, 1.54) is 18.2 Å². The molecule has 39 heavy (non-hydrogen) atoms. The van der Waals surface area contributed by atoms with Crippen molar-refractivity contribution in [1.29, 1.82) is 0 Å². The average Bonchev–Trinajstić information content (AvgIpc) is 3.15. The summed E-state index contributed by atoms with van der Waals surface area (Å²) in [6, 6.07) is 12.5. The number of anilines is 1. The number of nitro groups is 1. The van der Waals surface area contributed by atoms with Crippen molar-refractivity contribution < 1.29 is 28.8 Å². The fraction of sp³-hybridized carbons (Fsp3) is 0.154. The largest absolute Gasteiger partial charge is 0.490 e. The Morgan fingerprint density at radius 3 is 2.67 bits per heavy atom. The van der Waals surface area contributed by atoms with Crippen LogP contribution >= 0.6 is 23.4 Å². The lowest BCUT2D eigenvalue weighted by atomic mass is 10.2. The first-order valence-electron chi connectivity index (χ1n) is 11.5. The molecule has 1 fully saturated rings. The second kappa shape index (κ2) is 12.0. The summed E-state index contributed by atoms with van der Waals surface area (Å²) in [7, 11) is 0. The fourth-order valence-electron chi connectivity index (χ4n) is 3.47. The molecule has 200 valence electrons. The summed E-state index contributed by atoms with van der Waals surface area (Å²) in [6.45, 7) is 3.43. The summed E-state index contributed by atoms with van der Waals surface area (Å²) in [5, 5.41) is 13.4. The van der Waals surface area contributed by atoms with Gasteiger partial charge in [-0.2, -0.15) is 0 Å². The maximum atomic E-state index is 12.9. The van der Waals surface area contributed by atoms with Crippen molar-refractivity contribution in [3.8, 4) is 17.4 Å². The predicted octanol–water partition coefficient (Wildman–Crippen LogP) is 5.82. The highest BCUT2D eigenvalue weighted by molar-refractivity contribution is 8.18. The molecular weight excluding hydrogens is 548 g/mol. The van der Waals surface area contributed by atoms with E-state index in [-0.39, 0.29) is 16.5 Å². The van der Waals surface area contributed by atoms with Crippen molar-refractivity contribution >= 4 is 57.9 Å². The molecule has 11 nitrogen and oxygen atoms in total. The maximum absolute atomic E-state index is 12.9. The second-order valence-corrected chi connectivity index (χ2v) is 9.56. The van der Waals surface area contributed by atoms with E-state index in [0.717, 1.165) is 28.4 Å². The van der Waals surface area contributed by atoms with Crippen molar-refractivity contribution in [2.24, 2.45) is 0 Å². The monoisotopic (exact) mass is 568 g/mol. The normalized spacial score (nSPS) is 14.0. The Morgan fingerprint density at radius 2 is 1.97 bits per heavy atom. The van der Waals surface area contributed by atoms with Gasteiger partial charge in [-0.25, -0.2) is 4.98 Å². The number of hydrogen-bond donors (Lipinski definition) is 1. The number of rotatable bonds is 9. The Bertz CT molecular complexity index is 1490. The van der Waals surface area contributed by atoms with Gasteiger partial charge in [-0.1, -0.05) is 23.7 Å². The molecule has 0 atom stereocenters. The zero-order valence-corrected chi connectivity index (χ0v) is 22.2. The number of nitrogens with zero attached hydrogens (tertiary/aromatic N) is 3. The smallest absolute Gasteiger partial charge is 0.294 e. The Labute approximate surface area is 231 Å². The van der Waals surface area contributed by atoms with E-state index in [4.69, 9.17) is 21.1 Å². The van der Waals surface area contributed by atoms with Crippen molar-refractivity contribution in [3.05, 3.63) is 85.9 Å². The maximum Gasteiger partial charge on any atom is 0.294 e. The van der Waals surface area contributed by atoms with Gasteiger partial charge in [0.05, 0.1) is 16.4 Å². The van der Waals surface area contributed by atoms with E-state index in [9.17, 15) is 24.5 Å². The molecular formula is C26H21ClN4O7S. The quantitative estimate of drug-likeness (QED) is 0.192. The fourth-order valence-corrected chi connectivity index (χ4v) is 4.48. The van der Waals surface area contributed by atoms with Crippen LogP contribution in [0.25, 0.3) is 6.08 Å². The van der Waals surface area contributed by atoms with Gasteiger partial charge in [0, 0.05) is 22.8 Å². The molecule has 2 heterocycles. The summed E-state index contributed by atoms with van der Waals surface area (Å²) in [4.78, 5) is 53.2. The lowest BCUT2D eigenvalue weighted by molar-refractivity contribution is -0.385. The van der Waals surface area contributed by atoms with Gasteiger partial charge in [-0.05, 0) is 67.1 Å². The van der Waals surface area contributed by atoms with Gasteiger partial charge in [0.15, 0.2) is 11.5 Å². The molecule has 13 heteroatoms. The Kier molecular flexibility index (Phi) is 8.47. The number of pyridine rings is 1. The van der Waals surface area contributed by atoms with Crippen LogP contribution in [0.2, 0.25) is 5.02 Å². The molecule has 4 rings (SSSR count). The highest BCUT2D eigenvalue weighted by Crippen LogP contribution is 2.36. The third kappa shape index (κ3) is 6.72. The molecule has 3 aromatic rings. The Balaban J connectivity index is 1.48. The standard InChI is InChI=1S/C26H21ClN4O7S/c1-3-37-21-10-16(5-8-20(21)38-24-9-7-18(13-28-24)31(35)36)11-22-25(33)30(26(34)39-22)14-23(32)29-19-12-17(27)6-4-15(19)2/h4-13H,3,14H2,1-2H3,(H,29,32)/b22-11-. The summed E-state index contributed by atoms with van der Waals surface area (Å²) in [5.74, 6) is -0.375. The van der Waals surface area contributed by atoms with E-state index in [0.29, 0.717) is 34.4 Å². The number of carbonyl (C=O) groups is 3. The lowest BCUT2D eigenvalue weighted by Gasteiger charge is -2.14. The van der Waals surface area contributed by atoms with Crippen molar-refractivity contribution in [1.82, 2.24) is 9.88 Å². The Hall–Kier alpha value is -4.42. The number of nitrogens with one attached hydrogen (secondary N) is 1. The summed E-state index contributed by atoms with van der Waals surface area (Å²) in [5.41, 5.74) is 1.65.